The van der Waals surface area contributed by atoms with Crippen LogP contribution in [0.4, 0.5) is 26.3 Å². The van der Waals surface area contributed by atoms with Crippen LogP contribution >= 0.6 is 11.3 Å². The van der Waals surface area contributed by atoms with Crippen molar-refractivity contribution in [2.45, 2.75) is 32.1 Å². The van der Waals surface area contributed by atoms with Crippen molar-refractivity contribution >= 4 is 32.3 Å². The van der Waals surface area contributed by atoms with Crippen molar-refractivity contribution in [2.75, 3.05) is 0 Å². The topological polar surface area (TPSA) is 93.5 Å². The molecule has 0 amide bonds. The number of aliphatic hydroxyl groups excluding tert-OH is 1. The molecule has 14 heteroatoms. The highest BCUT2D eigenvalue weighted by Gasteiger charge is 2.39. The summed E-state index contributed by atoms with van der Waals surface area (Å²) in [4.78, 5) is 26.8. The highest BCUT2D eigenvalue weighted by atomic mass is 32.1. The molecular weight excluding hydrogens is 578 g/mol. The molecule has 7 nitrogen and oxygen atoms in total. The van der Waals surface area contributed by atoms with Crippen molar-refractivity contribution in [2.24, 2.45) is 0 Å². The lowest BCUT2D eigenvalue weighted by atomic mass is 10.1. The summed E-state index contributed by atoms with van der Waals surface area (Å²) in [7, 11) is 0. The number of alkyl halides is 6. The number of benzene rings is 3. The van der Waals surface area contributed by atoms with Gasteiger partial charge in [-0.1, -0.05) is 30.3 Å². The van der Waals surface area contributed by atoms with Crippen molar-refractivity contribution < 1.29 is 40.9 Å². The van der Waals surface area contributed by atoms with Crippen molar-refractivity contribution in [3.8, 4) is 27.7 Å². The maximum absolute atomic E-state index is 13.3. The van der Waals surface area contributed by atoms with Crippen LogP contribution in [0.1, 0.15) is 5.56 Å². The average Bonchev–Trinajstić information content (AvgIpc) is 3.23. The largest absolute Gasteiger partial charge is 0.573 e. The first-order valence-electron chi connectivity index (χ1n) is 11.8. The standard InChI is InChI=1S/C27H18F6N2O5S/c1-13-21-23(37)34-25(38)35(12-20(36)26(28,29)30)24(21)41-22(13)16-7-9-18(19(11-16)40-27(31,32)33)39-17-8-6-14-4-2-3-5-15(14)10-17/h2-11,20,36H,12H2,1H3,(H,34,37,38). The lowest BCUT2D eigenvalue weighted by molar-refractivity contribution is -0.275. The van der Waals surface area contributed by atoms with Crippen molar-refractivity contribution in [1.29, 1.82) is 0 Å². The monoisotopic (exact) mass is 596 g/mol. The van der Waals surface area contributed by atoms with E-state index in [4.69, 9.17) is 4.74 Å². The molecule has 2 heterocycles. The minimum Gasteiger partial charge on any atom is -0.453 e. The van der Waals surface area contributed by atoms with Gasteiger partial charge >= 0.3 is 18.2 Å². The van der Waals surface area contributed by atoms with Crippen LogP contribution in [0.15, 0.2) is 70.3 Å². The Morgan fingerprint density at radius 2 is 1.66 bits per heavy atom. The van der Waals surface area contributed by atoms with Gasteiger partial charge < -0.3 is 14.6 Å². The molecule has 0 aliphatic carbocycles. The van der Waals surface area contributed by atoms with E-state index in [1.54, 1.807) is 30.3 Å². The van der Waals surface area contributed by atoms with Crippen LogP contribution < -0.4 is 20.7 Å². The molecule has 0 saturated carbocycles. The summed E-state index contributed by atoms with van der Waals surface area (Å²) in [5.41, 5.74) is -1.77. The summed E-state index contributed by atoms with van der Waals surface area (Å²) in [5.74, 6) is -0.748. The van der Waals surface area contributed by atoms with Gasteiger partial charge in [0, 0.05) is 4.88 Å². The van der Waals surface area contributed by atoms with Gasteiger partial charge in [-0.3, -0.25) is 14.3 Å². The molecule has 1 unspecified atom stereocenters. The van der Waals surface area contributed by atoms with E-state index in [-0.39, 0.29) is 37.7 Å². The molecule has 2 N–H and O–H groups in total. The zero-order chi connectivity index (χ0) is 29.7. The number of hydrogen-bond acceptors (Lipinski definition) is 6. The van der Waals surface area contributed by atoms with E-state index in [9.17, 15) is 41.0 Å². The third-order valence-corrected chi connectivity index (χ3v) is 7.54. The molecule has 0 saturated heterocycles. The van der Waals surface area contributed by atoms with Crippen LogP contribution in [-0.2, 0) is 6.54 Å². The van der Waals surface area contributed by atoms with E-state index >= 15 is 0 Å². The van der Waals surface area contributed by atoms with Gasteiger partial charge in [0.25, 0.3) is 5.56 Å². The fourth-order valence-corrected chi connectivity index (χ4v) is 5.60. The molecule has 0 bridgehead atoms. The minimum absolute atomic E-state index is 0.114. The number of ether oxygens (including phenoxy) is 2. The number of hydrogen-bond donors (Lipinski definition) is 2. The van der Waals surface area contributed by atoms with E-state index in [0.29, 0.717) is 15.9 Å². The maximum atomic E-state index is 13.3. The number of thiophene rings is 1. The fraction of sp³-hybridized carbons (Fsp3) is 0.185. The van der Waals surface area contributed by atoms with E-state index in [0.717, 1.165) is 16.8 Å². The lowest BCUT2D eigenvalue weighted by Crippen LogP contribution is -2.38. The Bertz CT molecular complexity index is 1890. The zero-order valence-electron chi connectivity index (χ0n) is 20.8. The number of nitrogens with one attached hydrogen (secondary N) is 1. The number of aromatic nitrogens is 2. The number of halogens is 6. The van der Waals surface area contributed by atoms with Gasteiger partial charge in [0.2, 0.25) is 0 Å². The Balaban J connectivity index is 1.61. The van der Waals surface area contributed by atoms with E-state index in [1.807, 2.05) is 17.1 Å². The second-order valence-corrected chi connectivity index (χ2v) is 9.98. The van der Waals surface area contributed by atoms with Gasteiger partial charge in [0.05, 0.1) is 11.9 Å². The highest BCUT2D eigenvalue weighted by Crippen LogP contribution is 2.43. The summed E-state index contributed by atoms with van der Waals surface area (Å²) in [6.45, 7) is 0.234. The van der Waals surface area contributed by atoms with Gasteiger partial charge in [0.15, 0.2) is 17.6 Å². The third-order valence-electron chi connectivity index (χ3n) is 6.18. The van der Waals surface area contributed by atoms with Gasteiger partial charge in [-0.25, -0.2) is 4.79 Å². The smallest absolute Gasteiger partial charge is 0.453 e. The molecule has 3 aromatic carbocycles. The van der Waals surface area contributed by atoms with Crippen LogP contribution in [0.3, 0.4) is 0 Å². The summed E-state index contributed by atoms with van der Waals surface area (Å²) >= 11 is 0.709. The minimum atomic E-state index is -5.10. The number of nitrogens with zero attached hydrogens (tertiary/aromatic N) is 1. The van der Waals surface area contributed by atoms with Crippen LogP contribution in [0, 0.1) is 6.92 Å². The Morgan fingerprint density at radius 3 is 2.34 bits per heavy atom. The quantitative estimate of drug-likeness (QED) is 0.219. The number of H-pyrrole nitrogens is 1. The van der Waals surface area contributed by atoms with E-state index < -0.39 is 42.2 Å². The number of aromatic amines is 1. The van der Waals surface area contributed by atoms with Crippen LogP contribution in [0.2, 0.25) is 0 Å². The first-order chi connectivity index (χ1) is 19.2. The molecule has 214 valence electrons. The third kappa shape index (κ3) is 5.79. The molecule has 0 fully saturated rings. The second-order valence-electron chi connectivity index (χ2n) is 8.98. The Labute approximate surface area is 229 Å². The summed E-state index contributed by atoms with van der Waals surface area (Å²) < 4.78 is 89.5. The first-order valence-corrected chi connectivity index (χ1v) is 12.6. The van der Waals surface area contributed by atoms with Gasteiger partial charge in [0.1, 0.15) is 10.6 Å². The van der Waals surface area contributed by atoms with Crippen LogP contribution in [-0.4, -0.2) is 33.3 Å². The fourth-order valence-electron chi connectivity index (χ4n) is 4.29. The zero-order valence-corrected chi connectivity index (χ0v) is 21.6. The molecule has 2 aromatic heterocycles. The summed E-state index contributed by atoms with van der Waals surface area (Å²) in [5, 5.41) is 11.1. The maximum Gasteiger partial charge on any atom is 0.573 e. The lowest BCUT2D eigenvalue weighted by Gasteiger charge is -2.16. The second kappa shape index (κ2) is 10.3. The van der Waals surface area contributed by atoms with Crippen LogP contribution in [0.25, 0.3) is 31.4 Å². The molecular formula is C27H18F6N2O5S. The van der Waals surface area contributed by atoms with Gasteiger partial charge in [-0.15, -0.1) is 24.5 Å². The predicted octanol–water partition coefficient (Wildman–Crippen LogP) is 6.49. The van der Waals surface area contributed by atoms with E-state index in [1.165, 1.54) is 19.1 Å². The van der Waals surface area contributed by atoms with Gasteiger partial charge in [-0.05, 0) is 59.2 Å². The average molecular weight is 597 g/mol. The molecule has 0 aliphatic rings. The molecule has 0 spiro atoms. The van der Waals surface area contributed by atoms with Crippen molar-refractivity contribution in [3.63, 3.8) is 0 Å². The molecule has 0 aliphatic heterocycles. The predicted molar refractivity (Wildman–Crippen MR) is 140 cm³/mol. The van der Waals surface area contributed by atoms with E-state index in [2.05, 4.69) is 4.74 Å². The van der Waals surface area contributed by atoms with Crippen molar-refractivity contribution in [3.05, 3.63) is 87.1 Å². The number of aliphatic hydroxyl groups is 1. The molecule has 0 radical (unpaired) electrons. The Kier molecular flexibility index (Phi) is 7.07. The van der Waals surface area contributed by atoms with Crippen molar-refractivity contribution in [1.82, 2.24) is 9.55 Å². The Morgan fingerprint density at radius 1 is 0.951 bits per heavy atom. The molecule has 1 atom stereocenters. The number of fused-ring (bicyclic) bond motifs is 2. The number of aryl methyl sites for hydroxylation is 1. The van der Waals surface area contributed by atoms with Gasteiger partial charge in [-0.2, -0.15) is 13.2 Å². The SMILES string of the molecule is Cc1c(-c2ccc(Oc3ccc4ccccc4c3)c(OC(F)(F)F)c2)sc2c1c(=O)[nH]c(=O)n2CC(O)C(F)(F)F. The van der Waals surface area contributed by atoms with Crippen LogP contribution in [0.5, 0.6) is 17.2 Å². The summed E-state index contributed by atoms with van der Waals surface area (Å²) in [6, 6.07) is 15.9. The normalized spacial score (nSPS) is 13.1. The highest BCUT2D eigenvalue weighted by molar-refractivity contribution is 7.22. The molecule has 41 heavy (non-hydrogen) atoms. The molecule has 5 aromatic rings. The summed E-state index contributed by atoms with van der Waals surface area (Å²) in [6.07, 6.45) is -13.0. The number of rotatable bonds is 6. The Hall–Kier alpha value is -4.30. The molecule has 5 rings (SSSR count). The first kappa shape index (κ1) is 28.2.